The van der Waals surface area contributed by atoms with E-state index in [1.165, 1.54) is 6.07 Å². The highest BCUT2D eigenvalue weighted by atomic mass is 19.1. The number of aryl methyl sites for hydroxylation is 1. The summed E-state index contributed by atoms with van der Waals surface area (Å²) >= 11 is 0. The Morgan fingerprint density at radius 2 is 2.00 bits per heavy atom. The minimum Gasteiger partial charge on any atom is -0.373 e. The van der Waals surface area contributed by atoms with Crippen molar-refractivity contribution in [3.63, 3.8) is 0 Å². The van der Waals surface area contributed by atoms with Crippen LogP contribution in [0.1, 0.15) is 38.8 Å². The minimum atomic E-state index is -0.396. The van der Waals surface area contributed by atoms with Crippen molar-refractivity contribution in [2.45, 2.75) is 26.5 Å². The molecule has 0 saturated heterocycles. The first kappa shape index (κ1) is 19.4. The number of halogens is 1. The number of likely N-dealkylation sites (N-methyl/N-ethyl adjacent to an activating group) is 1. The van der Waals surface area contributed by atoms with Gasteiger partial charge in [-0.3, -0.25) is 9.59 Å². The highest BCUT2D eigenvalue weighted by molar-refractivity contribution is 6.33. The monoisotopic (exact) mass is 392 g/mol. The number of aromatic amines is 1. The van der Waals surface area contributed by atoms with Crippen LogP contribution in [0.25, 0.3) is 10.8 Å². The second kappa shape index (κ2) is 7.15. The summed E-state index contributed by atoms with van der Waals surface area (Å²) in [4.78, 5) is 30.1. The molecule has 0 spiro atoms. The maximum Gasteiger partial charge on any atom is 0.256 e. The summed E-state index contributed by atoms with van der Waals surface area (Å²) in [5, 5.41) is 1.40. The Labute approximate surface area is 168 Å². The SMILES string of the molecule is Bc1cc(C(=O)N(C)C2COCc3[nH]c(=O)c4cc(C)ccc4c32)cc(F)c1C. The second-order valence-corrected chi connectivity index (χ2v) is 7.74. The van der Waals surface area contributed by atoms with E-state index in [1.807, 2.05) is 25.1 Å². The average Bonchev–Trinajstić information content (AvgIpc) is 2.70. The molecule has 1 aliphatic heterocycles. The fourth-order valence-electron chi connectivity index (χ4n) is 3.96. The van der Waals surface area contributed by atoms with E-state index in [-0.39, 0.29) is 18.1 Å². The van der Waals surface area contributed by atoms with Gasteiger partial charge in [-0.2, -0.15) is 0 Å². The Kier molecular flexibility index (Phi) is 4.78. The summed E-state index contributed by atoms with van der Waals surface area (Å²) < 4.78 is 19.9. The van der Waals surface area contributed by atoms with Crippen molar-refractivity contribution < 1.29 is 13.9 Å². The van der Waals surface area contributed by atoms with Crippen LogP contribution in [0, 0.1) is 19.7 Å². The van der Waals surface area contributed by atoms with Gasteiger partial charge in [-0.25, -0.2) is 4.39 Å². The molecule has 3 aromatic rings. The maximum absolute atomic E-state index is 14.2. The lowest BCUT2D eigenvalue weighted by Gasteiger charge is -2.34. The molecule has 7 heteroatoms. The molecule has 1 N–H and O–H groups in total. The molecule has 148 valence electrons. The van der Waals surface area contributed by atoms with Gasteiger partial charge in [-0.15, -0.1) is 0 Å². The second-order valence-electron chi connectivity index (χ2n) is 7.74. The Morgan fingerprint density at radius 1 is 1.24 bits per heavy atom. The largest absolute Gasteiger partial charge is 0.373 e. The van der Waals surface area contributed by atoms with E-state index < -0.39 is 11.9 Å². The normalized spacial score (nSPS) is 15.9. The van der Waals surface area contributed by atoms with Gasteiger partial charge < -0.3 is 14.6 Å². The van der Waals surface area contributed by atoms with E-state index in [0.717, 1.165) is 22.0 Å². The fraction of sp³-hybridized carbons (Fsp3) is 0.273. The third kappa shape index (κ3) is 3.25. The molecule has 0 fully saturated rings. The van der Waals surface area contributed by atoms with E-state index in [1.54, 1.807) is 32.8 Å². The number of aromatic nitrogens is 1. The third-order valence-corrected chi connectivity index (χ3v) is 5.79. The lowest BCUT2D eigenvalue weighted by molar-refractivity contribution is 0.0335. The van der Waals surface area contributed by atoms with E-state index >= 15 is 0 Å². The summed E-state index contributed by atoms with van der Waals surface area (Å²) in [7, 11) is 3.47. The topological polar surface area (TPSA) is 62.4 Å². The van der Waals surface area contributed by atoms with Gasteiger partial charge in [-0.1, -0.05) is 29.2 Å². The fourth-order valence-corrected chi connectivity index (χ4v) is 3.96. The number of ether oxygens (including phenoxy) is 1. The highest BCUT2D eigenvalue weighted by Gasteiger charge is 2.31. The number of hydrogen-bond acceptors (Lipinski definition) is 3. The van der Waals surface area contributed by atoms with E-state index in [9.17, 15) is 14.0 Å². The van der Waals surface area contributed by atoms with E-state index in [4.69, 9.17) is 4.74 Å². The first-order valence-electron chi connectivity index (χ1n) is 9.55. The van der Waals surface area contributed by atoms with Gasteiger partial charge in [-0.05, 0) is 36.9 Å². The third-order valence-electron chi connectivity index (χ3n) is 5.79. The summed E-state index contributed by atoms with van der Waals surface area (Å²) in [6.45, 7) is 4.21. The molecule has 1 atom stereocenters. The molecule has 0 aliphatic carbocycles. The molecule has 1 aliphatic rings. The molecule has 4 rings (SSSR count). The van der Waals surface area contributed by atoms with Crippen LogP contribution in [-0.4, -0.2) is 37.3 Å². The Bertz CT molecular complexity index is 1180. The van der Waals surface area contributed by atoms with Crippen LogP contribution in [0.15, 0.2) is 35.1 Å². The van der Waals surface area contributed by atoms with Crippen LogP contribution in [0.3, 0.4) is 0 Å². The smallest absolute Gasteiger partial charge is 0.256 e. The van der Waals surface area contributed by atoms with Crippen LogP contribution in [0.2, 0.25) is 0 Å². The predicted octanol–water partition coefficient (Wildman–Crippen LogP) is 1.89. The number of amides is 1. The summed E-state index contributed by atoms with van der Waals surface area (Å²) in [6, 6.07) is 8.32. The zero-order chi connectivity index (χ0) is 20.9. The average molecular weight is 392 g/mol. The zero-order valence-corrected chi connectivity index (χ0v) is 16.9. The molecule has 5 nitrogen and oxygen atoms in total. The Balaban J connectivity index is 1.82. The van der Waals surface area contributed by atoms with Crippen LogP contribution >= 0.6 is 0 Å². The van der Waals surface area contributed by atoms with Gasteiger partial charge in [0.1, 0.15) is 13.7 Å². The van der Waals surface area contributed by atoms with Crippen molar-refractivity contribution in [2.75, 3.05) is 13.7 Å². The molecule has 1 amide bonds. The number of rotatable bonds is 2. The number of nitrogens with zero attached hydrogens (tertiary/aromatic N) is 1. The summed E-state index contributed by atoms with van der Waals surface area (Å²) in [5.74, 6) is -0.688. The molecular formula is C22H22BFN2O3. The first-order chi connectivity index (χ1) is 13.8. The number of H-pyrrole nitrogens is 1. The van der Waals surface area contributed by atoms with Crippen molar-refractivity contribution in [3.05, 3.63) is 74.5 Å². The van der Waals surface area contributed by atoms with Gasteiger partial charge in [0.05, 0.1) is 19.3 Å². The number of pyridine rings is 1. The zero-order valence-electron chi connectivity index (χ0n) is 16.9. The summed E-state index contributed by atoms with van der Waals surface area (Å²) in [6.07, 6.45) is 0. The maximum atomic E-state index is 14.2. The van der Waals surface area contributed by atoms with Crippen LogP contribution in [0.4, 0.5) is 4.39 Å². The van der Waals surface area contributed by atoms with Crippen molar-refractivity contribution in [1.29, 1.82) is 0 Å². The molecule has 0 radical (unpaired) electrons. The van der Waals surface area contributed by atoms with Crippen LogP contribution in [-0.2, 0) is 11.3 Å². The molecule has 1 aromatic heterocycles. The molecule has 0 saturated carbocycles. The number of carbonyl (C=O) groups is 1. The summed E-state index contributed by atoms with van der Waals surface area (Å²) in [5.41, 5.74) is 3.93. The lowest BCUT2D eigenvalue weighted by atomic mass is 9.88. The first-order valence-corrected chi connectivity index (χ1v) is 9.55. The number of fused-ring (bicyclic) bond motifs is 3. The van der Waals surface area contributed by atoms with E-state index in [0.29, 0.717) is 28.8 Å². The number of carbonyl (C=O) groups excluding carboxylic acids is 1. The quantitative estimate of drug-likeness (QED) is 0.678. The number of nitrogens with one attached hydrogen (secondary N) is 1. The van der Waals surface area contributed by atoms with Crippen molar-refractivity contribution in [1.82, 2.24) is 9.88 Å². The molecular weight excluding hydrogens is 370 g/mol. The Morgan fingerprint density at radius 3 is 2.72 bits per heavy atom. The number of hydrogen-bond donors (Lipinski definition) is 1. The van der Waals surface area contributed by atoms with Crippen molar-refractivity contribution in [3.8, 4) is 0 Å². The highest BCUT2D eigenvalue weighted by Crippen LogP contribution is 2.33. The van der Waals surface area contributed by atoms with Gasteiger partial charge in [0.2, 0.25) is 0 Å². The van der Waals surface area contributed by atoms with Crippen molar-refractivity contribution in [2.24, 2.45) is 0 Å². The van der Waals surface area contributed by atoms with Crippen molar-refractivity contribution >= 4 is 30.0 Å². The molecule has 0 bridgehead atoms. The predicted molar refractivity (Wildman–Crippen MR) is 113 cm³/mol. The lowest BCUT2D eigenvalue weighted by Crippen LogP contribution is -2.38. The van der Waals surface area contributed by atoms with Gasteiger partial charge in [0.15, 0.2) is 0 Å². The van der Waals surface area contributed by atoms with E-state index in [2.05, 4.69) is 4.98 Å². The minimum absolute atomic E-state index is 0.170. The van der Waals surface area contributed by atoms with Gasteiger partial charge in [0, 0.05) is 29.3 Å². The van der Waals surface area contributed by atoms with Crippen LogP contribution in [0.5, 0.6) is 0 Å². The number of benzene rings is 2. The molecule has 2 aromatic carbocycles. The molecule has 2 heterocycles. The Hall–Kier alpha value is -2.93. The van der Waals surface area contributed by atoms with Gasteiger partial charge in [0.25, 0.3) is 11.5 Å². The molecule has 1 unspecified atom stereocenters. The van der Waals surface area contributed by atoms with Crippen LogP contribution < -0.4 is 11.0 Å². The standard InChI is InChI=1S/C22H22BFN2O3/c1-11-4-5-14-15(6-11)21(27)25-18-9-29-10-19(20(14)18)26(3)22(28)13-7-16(23)12(2)17(24)8-13/h4-8,19H,9-10,23H2,1-3H3,(H,25,27). The molecule has 29 heavy (non-hydrogen) atoms. The van der Waals surface area contributed by atoms with Gasteiger partial charge >= 0.3 is 0 Å².